The number of hydrogen-bond acceptors (Lipinski definition) is 3. The van der Waals surface area contributed by atoms with Crippen molar-refractivity contribution < 1.29 is 9.59 Å². The van der Waals surface area contributed by atoms with Crippen molar-refractivity contribution in [2.45, 2.75) is 42.9 Å². The molecular formula is C21H24N2O2S. The Labute approximate surface area is 159 Å². The Morgan fingerprint density at radius 2 is 1.85 bits per heavy atom. The predicted octanol–water partition coefficient (Wildman–Crippen LogP) is 4.17. The molecule has 0 radical (unpaired) electrons. The lowest BCUT2D eigenvalue weighted by molar-refractivity contribution is -0.121. The highest BCUT2D eigenvalue weighted by molar-refractivity contribution is 8.00. The van der Waals surface area contributed by atoms with E-state index in [1.54, 1.807) is 0 Å². The van der Waals surface area contributed by atoms with E-state index in [0.717, 1.165) is 22.6 Å². The summed E-state index contributed by atoms with van der Waals surface area (Å²) in [5.41, 5.74) is 1.92. The molecule has 1 heterocycles. The van der Waals surface area contributed by atoms with Gasteiger partial charge in [0.1, 0.15) is 0 Å². The number of thioether (sulfide) groups is 1. The molecule has 0 saturated carbocycles. The lowest BCUT2D eigenvalue weighted by Gasteiger charge is -2.26. The van der Waals surface area contributed by atoms with Crippen LogP contribution in [0.2, 0.25) is 0 Å². The number of benzene rings is 2. The molecule has 2 unspecified atom stereocenters. The molecule has 0 bridgehead atoms. The van der Waals surface area contributed by atoms with Crippen molar-refractivity contribution in [2.75, 3.05) is 11.4 Å². The fraction of sp³-hybridized carbons (Fsp3) is 0.333. The van der Waals surface area contributed by atoms with Crippen molar-refractivity contribution in [1.82, 2.24) is 5.32 Å². The first-order chi connectivity index (χ1) is 12.5. The van der Waals surface area contributed by atoms with Crippen LogP contribution in [0.15, 0.2) is 59.5 Å². The van der Waals surface area contributed by atoms with Crippen LogP contribution in [0.4, 0.5) is 5.69 Å². The van der Waals surface area contributed by atoms with E-state index in [0.29, 0.717) is 11.8 Å². The number of nitrogens with one attached hydrogen (secondary N) is 1. The first-order valence-corrected chi connectivity index (χ1v) is 9.80. The molecular weight excluding hydrogens is 344 g/mol. The van der Waals surface area contributed by atoms with E-state index in [1.165, 1.54) is 6.92 Å². The zero-order chi connectivity index (χ0) is 18.5. The molecule has 4 nitrogen and oxygen atoms in total. The number of anilines is 1. The Hall–Kier alpha value is -2.27. The minimum atomic E-state index is -0.318. The Morgan fingerprint density at radius 3 is 2.58 bits per heavy atom. The van der Waals surface area contributed by atoms with E-state index in [9.17, 15) is 9.59 Å². The molecule has 2 amide bonds. The molecule has 0 aliphatic carbocycles. The Morgan fingerprint density at radius 1 is 1.15 bits per heavy atom. The van der Waals surface area contributed by atoms with E-state index in [2.05, 4.69) is 18.3 Å². The molecule has 136 valence electrons. The summed E-state index contributed by atoms with van der Waals surface area (Å²) < 4.78 is 0. The van der Waals surface area contributed by atoms with Gasteiger partial charge < -0.3 is 10.2 Å². The molecule has 26 heavy (non-hydrogen) atoms. The van der Waals surface area contributed by atoms with Gasteiger partial charge in [-0.3, -0.25) is 9.59 Å². The monoisotopic (exact) mass is 368 g/mol. The van der Waals surface area contributed by atoms with E-state index < -0.39 is 0 Å². The van der Waals surface area contributed by atoms with Gasteiger partial charge in [-0.1, -0.05) is 49.4 Å². The van der Waals surface area contributed by atoms with Crippen molar-refractivity contribution in [3.05, 3.63) is 60.2 Å². The number of carbonyl (C=O) groups excluding carboxylic acids is 2. The van der Waals surface area contributed by atoms with Crippen LogP contribution in [0.25, 0.3) is 0 Å². The topological polar surface area (TPSA) is 49.4 Å². The number of rotatable bonds is 4. The van der Waals surface area contributed by atoms with Gasteiger partial charge in [0.25, 0.3) is 0 Å². The highest BCUT2D eigenvalue weighted by Gasteiger charge is 2.26. The van der Waals surface area contributed by atoms with E-state index in [-0.39, 0.29) is 24.3 Å². The summed E-state index contributed by atoms with van der Waals surface area (Å²) >= 11 is 1.82. The van der Waals surface area contributed by atoms with Gasteiger partial charge in [-0.2, -0.15) is 0 Å². The molecule has 2 atom stereocenters. The number of para-hydroxylation sites is 1. The lowest BCUT2D eigenvalue weighted by Crippen LogP contribution is -2.36. The molecule has 1 aliphatic heterocycles. The zero-order valence-electron chi connectivity index (χ0n) is 15.1. The van der Waals surface area contributed by atoms with E-state index >= 15 is 0 Å². The average Bonchev–Trinajstić information content (AvgIpc) is 2.79. The molecule has 1 N–H and O–H groups in total. The van der Waals surface area contributed by atoms with Gasteiger partial charge in [0.15, 0.2) is 0 Å². The molecule has 5 heteroatoms. The van der Waals surface area contributed by atoms with Crippen LogP contribution in [0.3, 0.4) is 0 Å². The Bertz CT molecular complexity index is 779. The summed E-state index contributed by atoms with van der Waals surface area (Å²) in [7, 11) is 0. The van der Waals surface area contributed by atoms with Crippen molar-refractivity contribution >= 4 is 29.3 Å². The number of hydrogen-bond donors (Lipinski definition) is 1. The first-order valence-electron chi connectivity index (χ1n) is 8.92. The van der Waals surface area contributed by atoms with Crippen molar-refractivity contribution in [3.8, 4) is 0 Å². The molecule has 0 aromatic heterocycles. The normalized spacial score (nSPS) is 17.8. The SMILES string of the molecule is CC(=O)NC(CC(=O)N1CCC(C)Sc2ccccc21)c1ccccc1. The summed E-state index contributed by atoms with van der Waals surface area (Å²) in [5.74, 6) is -0.0955. The maximum atomic E-state index is 13.2. The van der Waals surface area contributed by atoms with Crippen LogP contribution in [-0.4, -0.2) is 23.6 Å². The standard InChI is InChI=1S/C21H24N2O2S/c1-15-12-13-23(19-10-6-7-11-20(19)26-15)21(25)14-18(22-16(2)24)17-8-4-3-5-9-17/h3-11,15,18H,12-14H2,1-2H3,(H,22,24). The molecule has 0 spiro atoms. The molecule has 3 rings (SSSR count). The summed E-state index contributed by atoms with van der Waals surface area (Å²) in [6, 6.07) is 17.4. The third kappa shape index (κ3) is 4.47. The zero-order valence-corrected chi connectivity index (χ0v) is 16.0. The maximum absolute atomic E-state index is 13.2. The van der Waals surface area contributed by atoms with Gasteiger partial charge in [0.2, 0.25) is 11.8 Å². The summed E-state index contributed by atoms with van der Waals surface area (Å²) in [6.07, 6.45) is 1.19. The summed E-state index contributed by atoms with van der Waals surface area (Å²) in [4.78, 5) is 27.8. The molecule has 2 aromatic carbocycles. The molecule has 0 fully saturated rings. The van der Waals surface area contributed by atoms with E-state index in [1.807, 2.05) is 65.2 Å². The van der Waals surface area contributed by atoms with Crippen LogP contribution in [0.1, 0.15) is 38.3 Å². The van der Waals surface area contributed by atoms with Crippen LogP contribution in [-0.2, 0) is 9.59 Å². The Kier molecular flexibility index (Phi) is 5.99. The van der Waals surface area contributed by atoms with Gasteiger partial charge in [-0.25, -0.2) is 0 Å². The molecule has 2 aromatic rings. The fourth-order valence-corrected chi connectivity index (χ4v) is 4.33. The van der Waals surface area contributed by atoms with Crippen LogP contribution in [0.5, 0.6) is 0 Å². The van der Waals surface area contributed by atoms with Crippen LogP contribution < -0.4 is 10.2 Å². The smallest absolute Gasteiger partial charge is 0.229 e. The number of fused-ring (bicyclic) bond motifs is 1. The van der Waals surface area contributed by atoms with Gasteiger partial charge in [0, 0.05) is 23.6 Å². The van der Waals surface area contributed by atoms with Crippen molar-refractivity contribution in [3.63, 3.8) is 0 Å². The quantitative estimate of drug-likeness (QED) is 0.881. The maximum Gasteiger partial charge on any atom is 0.229 e. The number of carbonyl (C=O) groups is 2. The third-order valence-corrected chi connectivity index (χ3v) is 5.74. The number of amides is 2. The fourth-order valence-electron chi connectivity index (χ4n) is 3.21. The van der Waals surface area contributed by atoms with Crippen LogP contribution >= 0.6 is 11.8 Å². The average molecular weight is 369 g/mol. The number of nitrogens with zero attached hydrogens (tertiary/aromatic N) is 1. The minimum absolute atomic E-state index is 0.0368. The Balaban J connectivity index is 1.84. The highest BCUT2D eigenvalue weighted by atomic mass is 32.2. The first kappa shape index (κ1) is 18.5. The highest BCUT2D eigenvalue weighted by Crippen LogP contribution is 2.37. The minimum Gasteiger partial charge on any atom is -0.349 e. The van der Waals surface area contributed by atoms with Gasteiger partial charge >= 0.3 is 0 Å². The van der Waals surface area contributed by atoms with Crippen molar-refractivity contribution in [1.29, 1.82) is 0 Å². The van der Waals surface area contributed by atoms with Crippen LogP contribution in [0, 0.1) is 0 Å². The van der Waals surface area contributed by atoms with Gasteiger partial charge in [-0.15, -0.1) is 11.8 Å². The third-order valence-electron chi connectivity index (χ3n) is 4.50. The van der Waals surface area contributed by atoms with E-state index in [4.69, 9.17) is 0 Å². The lowest BCUT2D eigenvalue weighted by atomic mass is 10.0. The van der Waals surface area contributed by atoms with Crippen molar-refractivity contribution in [2.24, 2.45) is 0 Å². The van der Waals surface area contributed by atoms with Gasteiger partial charge in [0.05, 0.1) is 18.2 Å². The van der Waals surface area contributed by atoms with Gasteiger partial charge in [-0.05, 0) is 24.1 Å². The largest absolute Gasteiger partial charge is 0.349 e. The summed E-state index contributed by atoms with van der Waals surface area (Å²) in [6.45, 7) is 4.38. The second-order valence-electron chi connectivity index (χ2n) is 6.60. The molecule has 1 aliphatic rings. The molecule has 0 saturated heterocycles. The second kappa shape index (κ2) is 8.41. The second-order valence-corrected chi connectivity index (χ2v) is 8.08. The summed E-state index contributed by atoms with van der Waals surface area (Å²) in [5, 5.41) is 3.39. The predicted molar refractivity (Wildman–Crippen MR) is 106 cm³/mol.